The van der Waals surface area contributed by atoms with Gasteiger partial charge in [-0.2, -0.15) is 0 Å². The smallest absolute Gasteiger partial charge is 0.339 e. The number of amides is 1. The second kappa shape index (κ2) is 10.6. The molecule has 0 saturated heterocycles. The summed E-state index contributed by atoms with van der Waals surface area (Å²) in [6.45, 7) is 3.85. The van der Waals surface area contributed by atoms with Crippen LogP contribution in [-0.4, -0.2) is 37.9 Å². The van der Waals surface area contributed by atoms with Gasteiger partial charge in [-0.1, -0.05) is 12.1 Å². The number of nitrogens with one attached hydrogen (secondary N) is 1. The van der Waals surface area contributed by atoms with E-state index in [1.54, 1.807) is 50.6 Å². The van der Waals surface area contributed by atoms with Crippen molar-refractivity contribution in [1.29, 1.82) is 0 Å². The molecule has 0 aliphatic rings. The fraction of sp³-hybridized carbons (Fsp3) is 0.333. The molecule has 1 amide bonds. The molecule has 0 spiro atoms. The highest BCUT2D eigenvalue weighted by atomic mass is 32.2. The Kier molecular flexibility index (Phi) is 8.19. The summed E-state index contributed by atoms with van der Waals surface area (Å²) in [4.78, 5) is 25.2. The Labute approximate surface area is 169 Å². The third kappa shape index (κ3) is 6.20. The van der Waals surface area contributed by atoms with Gasteiger partial charge in [-0.05, 0) is 44.2 Å². The largest absolute Gasteiger partial charge is 0.497 e. The van der Waals surface area contributed by atoms with Crippen molar-refractivity contribution >= 4 is 23.6 Å². The molecule has 2 rings (SSSR count). The van der Waals surface area contributed by atoms with Gasteiger partial charge < -0.3 is 19.5 Å². The predicted octanol–water partition coefficient (Wildman–Crippen LogP) is 3.68. The molecule has 0 aliphatic carbocycles. The first kappa shape index (κ1) is 21.6. The molecule has 6 nitrogen and oxygen atoms in total. The van der Waals surface area contributed by atoms with Gasteiger partial charge >= 0.3 is 5.97 Å². The molecule has 0 bridgehead atoms. The van der Waals surface area contributed by atoms with E-state index in [0.717, 1.165) is 0 Å². The van der Waals surface area contributed by atoms with Crippen LogP contribution >= 0.6 is 11.8 Å². The first-order valence-corrected chi connectivity index (χ1v) is 9.82. The summed E-state index contributed by atoms with van der Waals surface area (Å²) < 4.78 is 16.0. The minimum absolute atomic E-state index is 0.0477. The lowest BCUT2D eigenvalue weighted by atomic mass is 10.2. The molecule has 7 heteroatoms. The van der Waals surface area contributed by atoms with Crippen LogP contribution in [0.15, 0.2) is 47.4 Å². The zero-order valence-corrected chi connectivity index (χ0v) is 17.3. The molecule has 1 N–H and O–H groups in total. The Balaban J connectivity index is 2.06. The van der Waals surface area contributed by atoms with Gasteiger partial charge in [-0.3, -0.25) is 4.79 Å². The molecule has 2 aromatic rings. The molecule has 0 aliphatic heterocycles. The topological polar surface area (TPSA) is 73.9 Å². The minimum Gasteiger partial charge on any atom is -0.497 e. The lowest BCUT2D eigenvalue weighted by molar-refractivity contribution is -0.119. The highest BCUT2D eigenvalue weighted by molar-refractivity contribution is 8.00. The van der Waals surface area contributed by atoms with Crippen molar-refractivity contribution in [3.63, 3.8) is 0 Å². The average molecular weight is 404 g/mol. The van der Waals surface area contributed by atoms with Gasteiger partial charge in [-0.15, -0.1) is 11.8 Å². The van der Waals surface area contributed by atoms with Crippen molar-refractivity contribution in [1.82, 2.24) is 5.32 Å². The van der Waals surface area contributed by atoms with Gasteiger partial charge in [0.25, 0.3) is 0 Å². The summed E-state index contributed by atoms with van der Waals surface area (Å²) in [6, 6.07) is 12.5. The Morgan fingerprint density at radius 1 is 1.07 bits per heavy atom. The third-order valence-corrected chi connectivity index (χ3v) is 4.84. The quantitative estimate of drug-likeness (QED) is 0.509. The van der Waals surface area contributed by atoms with Crippen LogP contribution in [-0.2, 0) is 16.1 Å². The van der Waals surface area contributed by atoms with E-state index in [2.05, 4.69) is 5.32 Å². The van der Waals surface area contributed by atoms with E-state index in [-0.39, 0.29) is 24.3 Å². The number of hydrogen-bond donors (Lipinski definition) is 1. The van der Waals surface area contributed by atoms with E-state index in [1.165, 1.54) is 11.8 Å². The molecule has 0 radical (unpaired) electrons. The molecule has 0 unspecified atom stereocenters. The van der Waals surface area contributed by atoms with E-state index in [0.29, 0.717) is 27.5 Å². The molecular formula is C21H25NO5S. The Bertz CT molecular complexity index is 822. The summed E-state index contributed by atoms with van der Waals surface area (Å²) >= 11 is 1.30. The number of carbonyl (C=O) groups excluding carboxylic acids is 2. The highest BCUT2D eigenvalue weighted by Gasteiger charge is 2.16. The van der Waals surface area contributed by atoms with Crippen molar-refractivity contribution in [2.24, 2.45) is 0 Å². The monoisotopic (exact) mass is 403 g/mol. The third-order valence-electron chi connectivity index (χ3n) is 3.76. The van der Waals surface area contributed by atoms with E-state index < -0.39 is 5.97 Å². The van der Waals surface area contributed by atoms with Crippen molar-refractivity contribution in [3.8, 4) is 11.5 Å². The molecule has 0 fully saturated rings. The van der Waals surface area contributed by atoms with Crippen LogP contribution in [0.3, 0.4) is 0 Å². The molecule has 150 valence electrons. The summed E-state index contributed by atoms with van der Waals surface area (Å²) in [5.74, 6) is 0.953. The fourth-order valence-electron chi connectivity index (χ4n) is 2.48. The SMILES string of the molecule is COc1ccc(OC)c(COC(=O)c2ccccc2SCC(=O)NC(C)C)c1. The van der Waals surface area contributed by atoms with Gasteiger partial charge in [0, 0.05) is 16.5 Å². The highest BCUT2D eigenvalue weighted by Crippen LogP contribution is 2.27. The first-order valence-electron chi connectivity index (χ1n) is 8.83. The number of hydrogen-bond acceptors (Lipinski definition) is 6. The summed E-state index contributed by atoms with van der Waals surface area (Å²) in [7, 11) is 3.13. The lowest BCUT2D eigenvalue weighted by Gasteiger charge is -2.13. The van der Waals surface area contributed by atoms with Crippen LogP contribution in [0, 0.1) is 0 Å². The van der Waals surface area contributed by atoms with Gasteiger partial charge in [0.15, 0.2) is 0 Å². The Morgan fingerprint density at radius 3 is 2.50 bits per heavy atom. The van der Waals surface area contributed by atoms with Crippen LogP contribution in [0.1, 0.15) is 29.8 Å². The fourth-order valence-corrected chi connectivity index (χ4v) is 3.34. The maximum Gasteiger partial charge on any atom is 0.339 e. The number of rotatable bonds is 9. The molecule has 0 atom stereocenters. The Morgan fingerprint density at radius 2 is 1.82 bits per heavy atom. The molecule has 28 heavy (non-hydrogen) atoms. The van der Waals surface area contributed by atoms with E-state index in [1.807, 2.05) is 19.9 Å². The standard InChI is InChI=1S/C21H25NO5S/c1-14(2)22-20(23)13-28-19-8-6-5-7-17(19)21(24)27-12-15-11-16(25-3)9-10-18(15)26-4/h5-11,14H,12-13H2,1-4H3,(H,22,23). The van der Waals surface area contributed by atoms with Crippen LogP contribution in [0.25, 0.3) is 0 Å². The van der Waals surface area contributed by atoms with Gasteiger partial charge in [0.1, 0.15) is 18.1 Å². The van der Waals surface area contributed by atoms with Crippen LogP contribution < -0.4 is 14.8 Å². The summed E-state index contributed by atoms with van der Waals surface area (Å²) in [6.07, 6.45) is 0. The average Bonchev–Trinajstić information content (AvgIpc) is 2.69. The second-order valence-corrected chi connectivity index (χ2v) is 7.28. The van der Waals surface area contributed by atoms with Gasteiger partial charge in [0.05, 0.1) is 25.5 Å². The van der Waals surface area contributed by atoms with Crippen LogP contribution in [0.2, 0.25) is 0 Å². The van der Waals surface area contributed by atoms with Crippen molar-refractivity contribution in [2.45, 2.75) is 31.4 Å². The minimum atomic E-state index is -0.461. The van der Waals surface area contributed by atoms with Crippen molar-refractivity contribution in [3.05, 3.63) is 53.6 Å². The van der Waals surface area contributed by atoms with Gasteiger partial charge in [0.2, 0.25) is 5.91 Å². The lowest BCUT2D eigenvalue weighted by Crippen LogP contribution is -2.31. The van der Waals surface area contributed by atoms with Crippen molar-refractivity contribution in [2.75, 3.05) is 20.0 Å². The molecule has 0 aromatic heterocycles. The first-order chi connectivity index (χ1) is 13.4. The van der Waals surface area contributed by atoms with E-state index in [4.69, 9.17) is 14.2 Å². The number of methoxy groups -OCH3 is 2. The Hall–Kier alpha value is -2.67. The number of ether oxygens (including phenoxy) is 3. The molecular weight excluding hydrogens is 378 g/mol. The van der Waals surface area contributed by atoms with E-state index in [9.17, 15) is 9.59 Å². The number of esters is 1. The van der Waals surface area contributed by atoms with Crippen molar-refractivity contribution < 1.29 is 23.8 Å². The van der Waals surface area contributed by atoms with Gasteiger partial charge in [-0.25, -0.2) is 4.79 Å². The number of benzene rings is 2. The van der Waals surface area contributed by atoms with Crippen LogP contribution in [0.5, 0.6) is 11.5 Å². The molecule has 0 heterocycles. The number of thioether (sulfide) groups is 1. The van der Waals surface area contributed by atoms with Crippen LogP contribution in [0.4, 0.5) is 0 Å². The number of carbonyl (C=O) groups is 2. The molecule has 2 aromatic carbocycles. The zero-order valence-electron chi connectivity index (χ0n) is 16.5. The zero-order chi connectivity index (χ0) is 20.5. The second-order valence-electron chi connectivity index (χ2n) is 6.26. The normalized spacial score (nSPS) is 10.5. The summed E-state index contributed by atoms with van der Waals surface area (Å²) in [5.41, 5.74) is 1.13. The molecule has 0 saturated carbocycles. The maximum absolute atomic E-state index is 12.6. The maximum atomic E-state index is 12.6. The van der Waals surface area contributed by atoms with E-state index >= 15 is 0 Å². The summed E-state index contributed by atoms with van der Waals surface area (Å²) in [5, 5.41) is 2.83. The predicted molar refractivity (Wildman–Crippen MR) is 109 cm³/mol.